The fraction of sp³-hybridized carbons (Fsp3) is 0.419. The van der Waals surface area contributed by atoms with Crippen LogP contribution >= 0.6 is 7.82 Å². The van der Waals surface area contributed by atoms with Crippen molar-refractivity contribution in [1.29, 1.82) is 0 Å². The van der Waals surface area contributed by atoms with Crippen molar-refractivity contribution in [2.45, 2.75) is 70.8 Å². The first-order valence-electron chi connectivity index (χ1n) is 12.3. The molecule has 0 saturated heterocycles. The second-order valence-corrected chi connectivity index (χ2v) is 8.73. The van der Waals surface area contributed by atoms with Crippen molar-refractivity contribution in [1.82, 2.24) is 0 Å². The summed E-state index contributed by atoms with van der Waals surface area (Å²) >= 11 is 0. The second kappa shape index (κ2) is 31.5. The average Bonchev–Trinajstić information content (AvgIpc) is 2.91. The molecule has 0 unspecified atom stereocenters. The molecular formula is C31H27Na2O8P. The van der Waals surface area contributed by atoms with Crippen molar-refractivity contribution >= 4 is 19.8 Å². The molecule has 0 amide bonds. The number of rotatable bonds is 15. The predicted molar refractivity (Wildman–Crippen MR) is 145 cm³/mol. The van der Waals surface area contributed by atoms with Crippen LogP contribution in [0.1, 0.15) is 64.7 Å². The minimum absolute atomic E-state index is 0. The molecule has 0 aromatic heterocycles. The summed E-state index contributed by atoms with van der Waals surface area (Å²) in [5, 5.41) is 0. The molecule has 1 atom stereocenters. The fourth-order valence-corrected chi connectivity index (χ4v) is 2.95. The van der Waals surface area contributed by atoms with Gasteiger partial charge in [0.25, 0.3) is 0 Å². The van der Waals surface area contributed by atoms with Gasteiger partial charge in [-0.1, -0.05) is 51.9 Å². The van der Waals surface area contributed by atoms with E-state index in [4.69, 9.17) is 15.9 Å². The standard InChI is InChI=1S/C31H29O8P.2Na/c1-3-5-7-9-11-13-14-15-16-17-18-20-21-23-25-30(32)37-27-29(28-38-40(34,35)36)39-31(33)26-24-22-19-12-10-8-6-4-2;;/h1,29H,4,6,8,10,12,19,22,24,26-28H2,2H3,(H2,34,35,36);;/q;2*+1/p-2/t29-;;/m1../s1. The maximum atomic E-state index is 12.1. The summed E-state index contributed by atoms with van der Waals surface area (Å²) in [5.74, 6) is 33.2. The summed E-state index contributed by atoms with van der Waals surface area (Å²) in [5.41, 5.74) is 0. The smallest absolute Gasteiger partial charge is 0.790 e. The predicted octanol–water partition coefficient (Wildman–Crippen LogP) is -4.52. The molecule has 0 aliphatic heterocycles. The fourth-order valence-electron chi connectivity index (χ4n) is 2.61. The van der Waals surface area contributed by atoms with E-state index < -0.39 is 39.1 Å². The Morgan fingerprint density at radius 2 is 1.17 bits per heavy atom. The van der Waals surface area contributed by atoms with Crippen LogP contribution in [-0.2, 0) is 28.2 Å². The van der Waals surface area contributed by atoms with E-state index in [1.807, 2.05) is 0 Å². The number of ether oxygens (including phenoxy) is 2. The van der Waals surface area contributed by atoms with Crippen molar-refractivity contribution in [3.63, 3.8) is 0 Å². The van der Waals surface area contributed by atoms with Gasteiger partial charge < -0.3 is 28.3 Å². The number of unbranched alkanes of at least 4 members (excludes halogenated alkanes) is 7. The minimum Gasteiger partial charge on any atom is -0.790 e. The maximum Gasteiger partial charge on any atom is 1.00 e. The first kappa shape index (κ1) is 44.0. The van der Waals surface area contributed by atoms with Crippen molar-refractivity contribution in [3.05, 3.63) is 0 Å². The summed E-state index contributed by atoms with van der Waals surface area (Å²) in [7, 11) is -5.32. The van der Waals surface area contributed by atoms with E-state index >= 15 is 0 Å². The zero-order valence-electron chi connectivity index (χ0n) is 24.1. The van der Waals surface area contributed by atoms with Crippen LogP contribution in [0.15, 0.2) is 0 Å². The van der Waals surface area contributed by atoms with Crippen LogP contribution in [-0.4, -0.2) is 31.3 Å². The SMILES string of the molecule is C#CC#CC#CC#CC#CC#CC#CC#CC(=O)OC[C@H](COP(=O)([O-])[O-])OC(=O)CCCCCCCCCC.[Na+].[Na+]. The van der Waals surface area contributed by atoms with Crippen LogP contribution in [0, 0.1) is 95.2 Å². The molecule has 0 rings (SSSR count). The summed E-state index contributed by atoms with van der Waals surface area (Å²) in [6, 6.07) is 0. The van der Waals surface area contributed by atoms with Gasteiger partial charge in [-0.05, 0) is 89.3 Å². The molecule has 0 heterocycles. The van der Waals surface area contributed by atoms with Gasteiger partial charge in [-0.15, -0.1) is 6.42 Å². The number of hydrogen-bond acceptors (Lipinski definition) is 8. The van der Waals surface area contributed by atoms with Crippen molar-refractivity contribution in [2.24, 2.45) is 0 Å². The van der Waals surface area contributed by atoms with Gasteiger partial charge in [-0.25, -0.2) is 4.79 Å². The molecule has 206 valence electrons. The molecule has 0 aromatic carbocycles. The van der Waals surface area contributed by atoms with Gasteiger partial charge in [-0.2, -0.15) is 0 Å². The summed E-state index contributed by atoms with van der Waals surface area (Å²) < 4.78 is 24.9. The quantitative estimate of drug-likeness (QED) is 0.0458. The van der Waals surface area contributed by atoms with Crippen molar-refractivity contribution in [3.8, 4) is 95.2 Å². The van der Waals surface area contributed by atoms with Crippen LogP contribution in [0.3, 0.4) is 0 Å². The topological polar surface area (TPSA) is 125 Å². The van der Waals surface area contributed by atoms with Gasteiger partial charge in [-0.3, -0.25) is 4.79 Å². The number of terminal acetylenes is 1. The first-order valence-corrected chi connectivity index (χ1v) is 13.7. The third kappa shape index (κ3) is 33.7. The molecule has 11 heteroatoms. The molecule has 0 fully saturated rings. The molecule has 0 radical (unpaired) electrons. The number of phosphoric acid groups is 1. The minimum atomic E-state index is -5.32. The summed E-state index contributed by atoms with van der Waals surface area (Å²) in [4.78, 5) is 45.4. The van der Waals surface area contributed by atoms with E-state index in [2.05, 4.69) is 100 Å². The second-order valence-electron chi connectivity index (χ2n) is 7.57. The van der Waals surface area contributed by atoms with E-state index in [0.29, 0.717) is 6.42 Å². The summed E-state index contributed by atoms with van der Waals surface area (Å²) in [6.45, 7) is 0.790. The number of phosphoric ester groups is 1. The van der Waals surface area contributed by atoms with Gasteiger partial charge in [0, 0.05) is 12.3 Å². The average molecular weight is 605 g/mol. The van der Waals surface area contributed by atoms with E-state index in [1.165, 1.54) is 19.3 Å². The zero-order chi connectivity index (χ0) is 29.7. The molecule has 42 heavy (non-hydrogen) atoms. The third-order valence-corrected chi connectivity index (χ3v) is 4.80. The van der Waals surface area contributed by atoms with E-state index in [9.17, 15) is 23.9 Å². The van der Waals surface area contributed by atoms with Gasteiger partial charge >= 0.3 is 71.1 Å². The van der Waals surface area contributed by atoms with Crippen molar-refractivity contribution in [2.75, 3.05) is 13.2 Å². The maximum absolute atomic E-state index is 12.1. The molecule has 0 aliphatic rings. The number of carbonyl (C=O) groups excluding carboxylic acids is 2. The molecule has 0 N–H and O–H groups in total. The van der Waals surface area contributed by atoms with Gasteiger partial charge in [0.05, 0.1) is 14.4 Å². The van der Waals surface area contributed by atoms with Gasteiger partial charge in [0.2, 0.25) is 0 Å². The zero-order valence-corrected chi connectivity index (χ0v) is 29.0. The number of esters is 2. The molecule has 0 aliphatic carbocycles. The Morgan fingerprint density at radius 1 is 0.714 bits per heavy atom. The van der Waals surface area contributed by atoms with Crippen LogP contribution in [0.2, 0.25) is 0 Å². The third-order valence-electron chi connectivity index (χ3n) is 4.34. The largest absolute Gasteiger partial charge is 1.00 e. The van der Waals surface area contributed by atoms with E-state index in [0.717, 1.165) is 25.7 Å². The Morgan fingerprint density at radius 3 is 1.64 bits per heavy atom. The summed E-state index contributed by atoms with van der Waals surface area (Å²) in [6.07, 6.45) is 12.0. The molecular weight excluding hydrogens is 577 g/mol. The Labute approximate surface area is 293 Å². The Bertz CT molecular complexity index is 1380. The molecule has 0 aromatic rings. The number of carbonyl (C=O) groups is 2. The van der Waals surface area contributed by atoms with Crippen molar-refractivity contribution < 1.29 is 97.1 Å². The Balaban J connectivity index is -0.00000760. The van der Waals surface area contributed by atoms with Crippen LogP contribution in [0.4, 0.5) is 0 Å². The van der Waals surface area contributed by atoms with Gasteiger partial charge in [0.1, 0.15) is 6.61 Å². The molecule has 8 nitrogen and oxygen atoms in total. The molecule has 0 bridgehead atoms. The van der Waals surface area contributed by atoms with Crippen LogP contribution in [0.5, 0.6) is 0 Å². The van der Waals surface area contributed by atoms with Gasteiger partial charge in [0.15, 0.2) is 6.10 Å². The van der Waals surface area contributed by atoms with Crippen LogP contribution in [0.25, 0.3) is 0 Å². The monoisotopic (exact) mass is 604 g/mol. The Hall–Kier alpha value is -2.47. The first-order chi connectivity index (χ1) is 19.3. The normalized spacial score (nSPS) is 8.90. The van der Waals surface area contributed by atoms with E-state index in [-0.39, 0.29) is 65.5 Å². The van der Waals surface area contributed by atoms with Crippen LogP contribution < -0.4 is 68.9 Å². The Kier molecular flexibility index (Phi) is 32.9. The van der Waals surface area contributed by atoms with E-state index in [1.54, 1.807) is 0 Å². The molecule has 0 spiro atoms. The number of hydrogen-bond donors (Lipinski definition) is 0. The molecule has 0 saturated carbocycles.